The van der Waals surface area contributed by atoms with E-state index < -0.39 is 0 Å². The number of benzene rings is 1. The third-order valence-corrected chi connectivity index (χ3v) is 2.37. The van der Waals surface area contributed by atoms with Crippen molar-refractivity contribution in [3.05, 3.63) is 33.8 Å². The number of halogens is 1. The van der Waals surface area contributed by atoms with Gasteiger partial charge in [-0.1, -0.05) is 17.7 Å². The minimum atomic E-state index is 0.181. The first-order chi connectivity index (χ1) is 5.65. The van der Waals surface area contributed by atoms with E-state index in [4.69, 9.17) is 16.7 Å². The van der Waals surface area contributed by atoms with E-state index in [2.05, 4.69) is 6.07 Å². The van der Waals surface area contributed by atoms with E-state index in [0.29, 0.717) is 6.42 Å². The van der Waals surface area contributed by atoms with Crippen molar-refractivity contribution in [2.75, 3.05) is 6.61 Å². The summed E-state index contributed by atoms with van der Waals surface area (Å²) in [6, 6.07) is 4.01. The molecule has 0 spiro atoms. The van der Waals surface area contributed by atoms with Gasteiger partial charge < -0.3 is 5.11 Å². The van der Waals surface area contributed by atoms with Crippen LogP contribution in [0.15, 0.2) is 12.1 Å². The van der Waals surface area contributed by atoms with Crippen LogP contribution in [0.3, 0.4) is 0 Å². The molecule has 0 aromatic heterocycles. The first-order valence-electron chi connectivity index (χ1n) is 4.01. The smallest absolute Gasteiger partial charge is 0.0471 e. The first-order valence-corrected chi connectivity index (χ1v) is 4.39. The van der Waals surface area contributed by atoms with Gasteiger partial charge in [0, 0.05) is 11.6 Å². The average Bonchev–Trinajstić information content (AvgIpc) is 2.00. The fourth-order valence-electron chi connectivity index (χ4n) is 1.27. The Hall–Kier alpha value is -0.530. The number of aryl methyl sites for hydroxylation is 1. The summed E-state index contributed by atoms with van der Waals surface area (Å²) in [5, 5.41) is 9.57. The van der Waals surface area contributed by atoms with E-state index in [0.717, 1.165) is 21.7 Å². The van der Waals surface area contributed by atoms with Crippen LogP contribution in [-0.2, 0) is 6.42 Å². The number of aliphatic hydroxyl groups is 1. The summed E-state index contributed by atoms with van der Waals surface area (Å²) in [7, 11) is 0. The maximum Gasteiger partial charge on any atom is 0.0471 e. The molecule has 0 bridgehead atoms. The number of hydrogen-bond acceptors (Lipinski definition) is 1. The lowest BCUT2D eigenvalue weighted by Crippen LogP contribution is -1.95. The molecule has 1 aromatic rings. The zero-order chi connectivity index (χ0) is 9.14. The number of aliphatic hydroxyl groups excluding tert-OH is 1. The second-order valence-electron chi connectivity index (χ2n) is 3.00. The van der Waals surface area contributed by atoms with Crippen LogP contribution in [0.25, 0.3) is 0 Å². The topological polar surface area (TPSA) is 20.2 Å². The molecule has 0 fully saturated rings. The van der Waals surface area contributed by atoms with Gasteiger partial charge >= 0.3 is 0 Å². The van der Waals surface area contributed by atoms with Crippen molar-refractivity contribution in [2.45, 2.75) is 20.3 Å². The van der Waals surface area contributed by atoms with Gasteiger partial charge in [-0.25, -0.2) is 0 Å². The minimum absolute atomic E-state index is 0.181. The SMILES string of the molecule is Cc1cc(Cl)c(C)c(CCO)c1. The van der Waals surface area contributed by atoms with Gasteiger partial charge in [-0.15, -0.1) is 0 Å². The molecule has 2 heteroatoms. The lowest BCUT2D eigenvalue weighted by Gasteiger charge is -2.07. The fourth-order valence-corrected chi connectivity index (χ4v) is 1.56. The Balaban J connectivity index is 3.09. The predicted octanol–water partition coefficient (Wildman–Crippen LogP) is 2.49. The second-order valence-corrected chi connectivity index (χ2v) is 3.41. The Morgan fingerprint density at radius 3 is 2.58 bits per heavy atom. The Labute approximate surface area is 78.0 Å². The lowest BCUT2D eigenvalue weighted by atomic mass is 10.0. The van der Waals surface area contributed by atoms with Gasteiger partial charge in [0.05, 0.1) is 0 Å². The highest BCUT2D eigenvalue weighted by Gasteiger charge is 2.02. The monoisotopic (exact) mass is 184 g/mol. The highest BCUT2D eigenvalue weighted by Crippen LogP contribution is 2.21. The summed E-state index contributed by atoms with van der Waals surface area (Å²) in [4.78, 5) is 0. The molecule has 0 saturated heterocycles. The molecule has 1 N–H and O–H groups in total. The predicted molar refractivity (Wildman–Crippen MR) is 51.7 cm³/mol. The Kier molecular flexibility index (Phi) is 3.12. The van der Waals surface area contributed by atoms with E-state index in [1.54, 1.807) is 0 Å². The van der Waals surface area contributed by atoms with Gasteiger partial charge in [0.15, 0.2) is 0 Å². The fraction of sp³-hybridized carbons (Fsp3) is 0.400. The van der Waals surface area contributed by atoms with Crippen LogP contribution >= 0.6 is 11.6 Å². The van der Waals surface area contributed by atoms with Gasteiger partial charge in [-0.05, 0) is 43.0 Å². The van der Waals surface area contributed by atoms with Gasteiger partial charge in [0.25, 0.3) is 0 Å². The zero-order valence-electron chi connectivity index (χ0n) is 7.39. The average molecular weight is 185 g/mol. The first kappa shape index (κ1) is 9.56. The van der Waals surface area contributed by atoms with Crippen LogP contribution in [-0.4, -0.2) is 11.7 Å². The van der Waals surface area contributed by atoms with Crippen molar-refractivity contribution in [1.29, 1.82) is 0 Å². The highest BCUT2D eigenvalue weighted by atomic mass is 35.5. The summed E-state index contributed by atoms with van der Waals surface area (Å²) in [5.74, 6) is 0. The maximum absolute atomic E-state index is 8.78. The Bertz CT molecular complexity index is 281. The third-order valence-electron chi connectivity index (χ3n) is 1.98. The Morgan fingerprint density at radius 2 is 2.00 bits per heavy atom. The third kappa shape index (κ3) is 1.99. The van der Waals surface area contributed by atoms with Crippen LogP contribution in [0.2, 0.25) is 5.02 Å². The molecule has 0 aliphatic rings. The molecule has 0 aliphatic heterocycles. The van der Waals surface area contributed by atoms with Crippen LogP contribution in [0, 0.1) is 13.8 Å². The summed E-state index contributed by atoms with van der Waals surface area (Å²) >= 11 is 5.97. The van der Waals surface area contributed by atoms with Crippen molar-refractivity contribution < 1.29 is 5.11 Å². The van der Waals surface area contributed by atoms with Gasteiger partial charge in [0.1, 0.15) is 0 Å². The van der Waals surface area contributed by atoms with Crippen molar-refractivity contribution in [1.82, 2.24) is 0 Å². The van der Waals surface area contributed by atoms with E-state index in [1.165, 1.54) is 0 Å². The second kappa shape index (κ2) is 3.92. The van der Waals surface area contributed by atoms with Crippen LogP contribution in [0.5, 0.6) is 0 Å². The molecule has 0 unspecified atom stereocenters. The molecule has 66 valence electrons. The van der Waals surface area contributed by atoms with Crippen molar-refractivity contribution in [2.24, 2.45) is 0 Å². The van der Waals surface area contributed by atoms with Gasteiger partial charge in [-0.3, -0.25) is 0 Å². The standard InChI is InChI=1S/C10H13ClO/c1-7-5-9(3-4-12)8(2)10(11)6-7/h5-6,12H,3-4H2,1-2H3. The summed E-state index contributed by atoms with van der Waals surface area (Å²) < 4.78 is 0. The van der Waals surface area contributed by atoms with Crippen molar-refractivity contribution in [3.63, 3.8) is 0 Å². The molecule has 1 aromatic carbocycles. The maximum atomic E-state index is 8.78. The molecule has 0 atom stereocenters. The van der Waals surface area contributed by atoms with Gasteiger partial charge in [-0.2, -0.15) is 0 Å². The normalized spacial score (nSPS) is 10.3. The molecular formula is C10H13ClO. The summed E-state index contributed by atoms with van der Waals surface area (Å²) in [6.45, 7) is 4.17. The highest BCUT2D eigenvalue weighted by molar-refractivity contribution is 6.31. The molecule has 0 amide bonds. The van der Waals surface area contributed by atoms with Crippen molar-refractivity contribution >= 4 is 11.6 Å². The lowest BCUT2D eigenvalue weighted by molar-refractivity contribution is 0.299. The minimum Gasteiger partial charge on any atom is -0.396 e. The van der Waals surface area contributed by atoms with E-state index in [-0.39, 0.29) is 6.61 Å². The molecule has 1 rings (SSSR count). The summed E-state index contributed by atoms with van der Waals surface area (Å²) in [6.07, 6.45) is 0.688. The van der Waals surface area contributed by atoms with Crippen LogP contribution in [0.1, 0.15) is 16.7 Å². The Morgan fingerprint density at radius 1 is 1.33 bits per heavy atom. The van der Waals surface area contributed by atoms with E-state index in [1.807, 2.05) is 19.9 Å². The van der Waals surface area contributed by atoms with Gasteiger partial charge in [0.2, 0.25) is 0 Å². The van der Waals surface area contributed by atoms with Crippen LogP contribution in [0.4, 0.5) is 0 Å². The molecule has 12 heavy (non-hydrogen) atoms. The quantitative estimate of drug-likeness (QED) is 0.749. The zero-order valence-corrected chi connectivity index (χ0v) is 8.15. The molecular weight excluding hydrogens is 172 g/mol. The van der Waals surface area contributed by atoms with Crippen molar-refractivity contribution in [3.8, 4) is 0 Å². The molecule has 0 saturated carbocycles. The molecule has 0 radical (unpaired) electrons. The molecule has 0 heterocycles. The number of hydrogen-bond donors (Lipinski definition) is 1. The largest absolute Gasteiger partial charge is 0.396 e. The molecule has 1 nitrogen and oxygen atoms in total. The molecule has 0 aliphatic carbocycles. The number of rotatable bonds is 2. The van der Waals surface area contributed by atoms with E-state index >= 15 is 0 Å². The van der Waals surface area contributed by atoms with Crippen LogP contribution < -0.4 is 0 Å². The summed E-state index contributed by atoms with van der Waals surface area (Å²) in [5.41, 5.74) is 3.37. The van der Waals surface area contributed by atoms with E-state index in [9.17, 15) is 0 Å².